The minimum absolute atomic E-state index is 0.218. The van der Waals surface area contributed by atoms with Crippen molar-refractivity contribution < 1.29 is 4.79 Å². The van der Waals surface area contributed by atoms with E-state index in [9.17, 15) is 4.79 Å². The van der Waals surface area contributed by atoms with Gasteiger partial charge in [-0.3, -0.25) is 9.69 Å². The monoisotopic (exact) mass is 391 g/mol. The zero-order chi connectivity index (χ0) is 19.6. The molecule has 2 aromatic rings. The van der Waals surface area contributed by atoms with Gasteiger partial charge in [-0.2, -0.15) is 0 Å². The molecule has 0 saturated carbocycles. The lowest BCUT2D eigenvalue weighted by Crippen LogP contribution is -2.44. The molecule has 3 aliphatic heterocycles. The van der Waals surface area contributed by atoms with Crippen molar-refractivity contribution in [3.8, 4) is 0 Å². The Morgan fingerprint density at radius 2 is 2.00 bits per heavy atom. The number of nitrogens with one attached hydrogen (secondary N) is 1. The van der Waals surface area contributed by atoms with E-state index >= 15 is 0 Å². The molecule has 0 spiro atoms. The summed E-state index contributed by atoms with van der Waals surface area (Å²) in [6.45, 7) is 5.79. The number of nitrogens with zero attached hydrogens (tertiary/aromatic N) is 4. The lowest BCUT2D eigenvalue weighted by Gasteiger charge is -2.33. The normalized spacial score (nSPS) is 22.1. The molecule has 6 heteroatoms. The standard InChI is InChI=1S/C23H29N5O/c29-22(16-27-10-7-17-4-1-2-5-19(17)14-27)28-11-8-21-20(15-28)13-25-23(26-21)18-6-3-9-24-12-18/h1-2,4-5,13,18,24H,3,6-12,14-16H2/t18-/m0/s1. The van der Waals surface area contributed by atoms with Gasteiger partial charge in [-0.15, -0.1) is 0 Å². The van der Waals surface area contributed by atoms with Gasteiger partial charge in [0.05, 0.1) is 12.2 Å². The molecule has 0 radical (unpaired) electrons. The highest BCUT2D eigenvalue weighted by Gasteiger charge is 2.26. The van der Waals surface area contributed by atoms with Crippen molar-refractivity contribution in [1.29, 1.82) is 0 Å². The van der Waals surface area contributed by atoms with Crippen LogP contribution in [0.25, 0.3) is 0 Å². The first kappa shape index (κ1) is 18.7. The van der Waals surface area contributed by atoms with Crippen LogP contribution in [0, 0.1) is 0 Å². The summed E-state index contributed by atoms with van der Waals surface area (Å²) in [7, 11) is 0. The Bertz CT molecular complexity index is 893. The van der Waals surface area contributed by atoms with E-state index in [4.69, 9.17) is 4.98 Å². The number of amides is 1. The molecule has 3 aliphatic rings. The smallest absolute Gasteiger partial charge is 0.237 e. The molecule has 1 atom stereocenters. The zero-order valence-corrected chi connectivity index (χ0v) is 16.9. The second kappa shape index (κ2) is 8.20. The van der Waals surface area contributed by atoms with Gasteiger partial charge in [-0.25, -0.2) is 9.97 Å². The van der Waals surface area contributed by atoms with Crippen molar-refractivity contribution in [3.63, 3.8) is 0 Å². The van der Waals surface area contributed by atoms with Crippen LogP contribution in [0.5, 0.6) is 0 Å². The fourth-order valence-electron chi connectivity index (χ4n) is 4.79. The topological polar surface area (TPSA) is 61.4 Å². The van der Waals surface area contributed by atoms with Gasteiger partial charge in [0.15, 0.2) is 0 Å². The first-order chi connectivity index (χ1) is 14.3. The SMILES string of the molecule is O=C(CN1CCc2ccccc2C1)N1CCc2nc([C@H]3CCCNC3)ncc2C1. The Hall–Kier alpha value is -2.31. The van der Waals surface area contributed by atoms with Crippen molar-refractivity contribution in [2.45, 2.75) is 44.7 Å². The fraction of sp³-hybridized carbons (Fsp3) is 0.522. The second-order valence-corrected chi connectivity index (χ2v) is 8.54. The van der Waals surface area contributed by atoms with Gasteiger partial charge >= 0.3 is 0 Å². The summed E-state index contributed by atoms with van der Waals surface area (Å²) < 4.78 is 0. The van der Waals surface area contributed by atoms with E-state index in [1.165, 1.54) is 17.5 Å². The first-order valence-electron chi connectivity index (χ1n) is 10.9. The molecule has 0 bridgehead atoms. The summed E-state index contributed by atoms with van der Waals surface area (Å²) in [5.74, 6) is 1.62. The van der Waals surface area contributed by atoms with Crippen LogP contribution in [-0.4, -0.2) is 58.4 Å². The van der Waals surface area contributed by atoms with Crippen LogP contribution in [0.4, 0.5) is 0 Å². The molecule has 6 nitrogen and oxygen atoms in total. The molecule has 29 heavy (non-hydrogen) atoms. The van der Waals surface area contributed by atoms with Crippen molar-refractivity contribution >= 4 is 5.91 Å². The number of hydrogen-bond donors (Lipinski definition) is 1. The summed E-state index contributed by atoms with van der Waals surface area (Å²) in [6.07, 6.45) is 6.17. The summed E-state index contributed by atoms with van der Waals surface area (Å²) in [5, 5.41) is 3.44. The third kappa shape index (κ3) is 4.05. The molecule has 1 saturated heterocycles. The van der Waals surface area contributed by atoms with Gasteiger partial charge < -0.3 is 10.2 Å². The summed E-state index contributed by atoms with van der Waals surface area (Å²) in [4.78, 5) is 26.7. The summed E-state index contributed by atoms with van der Waals surface area (Å²) in [5.41, 5.74) is 5.02. The van der Waals surface area contributed by atoms with Crippen LogP contribution < -0.4 is 5.32 Å². The van der Waals surface area contributed by atoms with Crippen LogP contribution in [0.1, 0.15) is 47.0 Å². The number of rotatable bonds is 3. The minimum Gasteiger partial charge on any atom is -0.337 e. The molecule has 5 rings (SSSR count). The van der Waals surface area contributed by atoms with Gasteiger partial charge in [0, 0.05) is 56.8 Å². The van der Waals surface area contributed by atoms with Crippen LogP contribution in [0.3, 0.4) is 0 Å². The highest BCUT2D eigenvalue weighted by atomic mass is 16.2. The molecule has 0 unspecified atom stereocenters. The van der Waals surface area contributed by atoms with Gasteiger partial charge in [0.25, 0.3) is 0 Å². The first-order valence-corrected chi connectivity index (χ1v) is 10.9. The van der Waals surface area contributed by atoms with E-state index in [1.54, 1.807) is 0 Å². The Labute approximate surface area is 172 Å². The molecule has 1 aromatic carbocycles. The lowest BCUT2D eigenvalue weighted by molar-refractivity contribution is -0.133. The Kier molecular flexibility index (Phi) is 5.29. The Morgan fingerprint density at radius 1 is 1.10 bits per heavy atom. The number of carbonyl (C=O) groups excluding carboxylic acids is 1. The van der Waals surface area contributed by atoms with Gasteiger partial charge in [-0.1, -0.05) is 24.3 Å². The van der Waals surface area contributed by atoms with E-state index < -0.39 is 0 Å². The van der Waals surface area contributed by atoms with E-state index in [0.29, 0.717) is 19.0 Å². The van der Waals surface area contributed by atoms with Gasteiger partial charge in [-0.05, 0) is 36.9 Å². The highest BCUT2D eigenvalue weighted by Crippen LogP contribution is 2.24. The molecule has 4 heterocycles. The van der Waals surface area contributed by atoms with Crippen LogP contribution in [-0.2, 0) is 30.7 Å². The molecular formula is C23H29N5O. The maximum atomic E-state index is 12.9. The van der Waals surface area contributed by atoms with E-state index in [2.05, 4.69) is 39.5 Å². The average Bonchev–Trinajstić information content (AvgIpc) is 2.79. The lowest BCUT2D eigenvalue weighted by atomic mass is 9.98. The number of benzene rings is 1. The number of aromatic nitrogens is 2. The molecular weight excluding hydrogens is 362 g/mol. The van der Waals surface area contributed by atoms with E-state index in [1.807, 2.05) is 11.1 Å². The van der Waals surface area contributed by atoms with Crippen molar-refractivity contribution in [2.24, 2.45) is 0 Å². The Morgan fingerprint density at radius 3 is 2.86 bits per heavy atom. The maximum Gasteiger partial charge on any atom is 0.237 e. The summed E-state index contributed by atoms with van der Waals surface area (Å²) >= 11 is 0. The third-order valence-corrected chi connectivity index (χ3v) is 6.54. The number of hydrogen-bond acceptors (Lipinski definition) is 5. The average molecular weight is 392 g/mol. The number of piperidine rings is 1. The molecule has 1 aromatic heterocycles. The third-order valence-electron chi connectivity index (χ3n) is 6.54. The largest absolute Gasteiger partial charge is 0.337 e. The summed E-state index contributed by atoms with van der Waals surface area (Å²) in [6, 6.07) is 8.57. The molecule has 1 N–H and O–H groups in total. The van der Waals surface area contributed by atoms with Crippen molar-refractivity contribution in [2.75, 3.05) is 32.7 Å². The van der Waals surface area contributed by atoms with Gasteiger partial charge in [0.1, 0.15) is 5.82 Å². The quantitative estimate of drug-likeness (QED) is 0.866. The second-order valence-electron chi connectivity index (χ2n) is 8.54. The van der Waals surface area contributed by atoms with Crippen molar-refractivity contribution in [1.82, 2.24) is 25.1 Å². The van der Waals surface area contributed by atoms with Crippen LogP contribution in [0.15, 0.2) is 30.5 Å². The number of carbonyl (C=O) groups is 1. The fourth-order valence-corrected chi connectivity index (χ4v) is 4.79. The number of fused-ring (bicyclic) bond motifs is 2. The maximum absolute atomic E-state index is 12.9. The molecule has 0 aliphatic carbocycles. The predicted octanol–water partition coefficient (Wildman–Crippen LogP) is 1.89. The highest BCUT2D eigenvalue weighted by molar-refractivity contribution is 5.78. The molecule has 1 fully saturated rings. The van der Waals surface area contributed by atoms with Gasteiger partial charge in [0.2, 0.25) is 5.91 Å². The minimum atomic E-state index is 0.218. The Balaban J connectivity index is 1.21. The van der Waals surface area contributed by atoms with E-state index in [0.717, 1.165) is 69.1 Å². The molecule has 1 amide bonds. The van der Waals surface area contributed by atoms with Crippen LogP contribution in [0.2, 0.25) is 0 Å². The van der Waals surface area contributed by atoms with Crippen molar-refractivity contribution in [3.05, 3.63) is 58.7 Å². The predicted molar refractivity (Wildman–Crippen MR) is 111 cm³/mol. The van der Waals surface area contributed by atoms with Crippen LogP contribution >= 0.6 is 0 Å². The zero-order valence-electron chi connectivity index (χ0n) is 16.9. The molecule has 152 valence electrons. The van der Waals surface area contributed by atoms with E-state index in [-0.39, 0.29) is 5.91 Å².